The molecule has 0 radical (unpaired) electrons. The van der Waals surface area contributed by atoms with E-state index in [1.54, 1.807) is 7.11 Å². The van der Waals surface area contributed by atoms with E-state index in [-0.39, 0.29) is 0 Å². The Balaban J connectivity index is 2.55. The van der Waals surface area contributed by atoms with E-state index in [0.717, 1.165) is 20.2 Å². The number of methoxy groups -OCH3 is 1. The highest BCUT2D eigenvalue weighted by atomic mass is 79.9. The van der Waals surface area contributed by atoms with Crippen molar-refractivity contribution in [3.63, 3.8) is 0 Å². The van der Waals surface area contributed by atoms with Gasteiger partial charge in [-0.25, -0.2) is 9.97 Å². The lowest BCUT2D eigenvalue weighted by Crippen LogP contribution is -2.04. The SMILES string of the molecule is CNc1nc(-c2ccc(Br)c(Cl)c2)nc(COC)c1Br. The van der Waals surface area contributed by atoms with Gasteiger partial charge in [0.15, 0.2) is 5.82 Å². The van der Waals surface area contributed by atoms with Crippen LogP contribution < -0.4 is 5.32 Å². The van der Waals surface area contributed by atoms with Gasteiger partial charge in [0.1, 0.15) is 5.82 Å². The molecule has 0 amide bonds. The minimum absolute atomic E-state index is 0.398. The lowest BCUT2D eigenvalue weighted by molar-refractivity contribution is 0.181. The van der Waals surface area contributed by atoms with Crippen LogP contribution in [0.25, 0.3) is 11.4 Å². The van der Waals surface area contributed by atoms with Gasteiger partial charge in [-0.2, -0.15) is 0 Å². The Bertz CT molecular complexity index is 637. The quantitative estimate of drug-likeness (QED) is 0.789. The molecule has 0 spiro atoms. The first-order valence-corrected chi connectivity index (χ1v) is 7.71. The van der Waals surface area contributed by atoms with Crippen molar-refractivity contribution in [1.29, 1.82) is 0 Å². The molecule has 1 N–H and O–H groups in total. The summed E-state index contributed by atoms with van der Waals surface area (Å²) in [5.41, 5.74) is 1.63. The molecule has 2 aromatic rings. The van der Waals surface area contributed by atoms with E-state index in [0.29, 0.717) is 23.3 Å². The molecule has 4 nitrogen and oxygen atoms in total. The Hall–Kier alpha value is -0.690. The van der Waals surface area contributed by atoms with Crippen LogP contribution in [0.5, 0.6) is 0 Å². The first kappa shape index (κ1) is 15.7. The molecular formula is C13H12Br2ClN3O. The molecule has 0 aliphatic heterocycles. The molecule has 106 valence electrons. The summed E-state index contributed by atoms with van der Waals surface area (Å²) in [7, 11) is 3.44. The fourth-order valence-electron chi connectivity index (χ4n) is 1.66. The first-order valence-electron chi connectivity index (χ1n) is 5.75. The van der Waals surface area contributed by atoms with Gasteiger partial charge in [-0.05, 0) is 50.1 Å². The summed E-state index contributed by atoms with van der Waals surface area (Å²) in [6, 6.07) is 5.61. The van der Waals surface area contributed by atoms with Crippen molar-refractivity contribution in [3.05, 3.63) is 37.9 Å². The van der Waals surface area contributed by atoms with Crippen molar-refractivity contribution in [3.8, 4) is 11.4 Å². The maximum Gasteiger partial charge on any atom is 0.161 e. The Labute approximate surface area is 139 Å². The highest BCUT2D eigenvalue weighted by Crippen LogP contribution is 2.30. The number of hydrogen-bond donors (Lipinski definition) is 1. The maximum absolute atomic E-state index is 6.12. The fraction of sp³-hybridized carbons (Fsp3) is 0.231. The summed E-state index contributed by atoms with van der Waals surface area (Å²) >= 11 is 13.0. The maximum atomic E-state index is 6.12. The van der Waals surface area contributed by atoms with E-state index in [2.05, 4.69) is 47.1 Å². The van der Waals surface area contributed by atoms with Crippen molar-refractivity contribution in [1.82, 2.24) is 9.97 Å². The van der Waals surface area contributed by atoms with Crippen molar-refractivity contribution in [2.45, 2.75) is 6.61 Å². The number of ether oxygens (including phenoxy) is 1. The summed E-state index contributed by atoms with van der Waals surface area (Å²) in [6.07, 6.45) is 0. The van der Waals surface area contributed by atoms with Crippen LogP contribution >= 0.6 is 43.5 Å². The normalized spacial score (nSPS) is 10.7. The van der Waals surface area contributed by atoms with E-state index in [1.165, 1.54) is 0 Å². The smallest absolute Gasteiger partial charge is 0.161 e. The minimum Gasteiger partial charge on any atom is -0.378 e. The number of nitrogens with zero attached hydrogens (tertiary/aromatic N) is 2. The van der Waals surface area contributed by atoms with Crippen LogP contribution in [0.15, 0.2) is 27.1 Å². The number of benzene rings is 1. The molecule has 0 saturated heterocycles. The van der Waals surface area contributed by atoms with Gasteiger partial charge >= 0.3 is 0 Å². The molecule has 7 heteroatoms. The van der Waals surface area contributed by atoms with Gasteiger partial charge in [-0.3, -0.25) is 0 Å². The number of anilines is 1. The Morgan fingerprint density at radius 2 is 2.05 bits per heavy atom. The van der Waals surface area contributed by atoms with E-state index in [4.69, 9.17) is 16.3 Å². The second-order valence-corrected chi connectivity index (χ2v) is 6.02. The van der Waals surface area contributed by atoms with Gasteiger partial charge in [0.05, 0.1) is 21.8 Å². The number of hydrogen-bond acceptors (Lipinski definition) is 4. The highest BCUT2D eigenvalue weighted by molar-refractivity contribution is 9.11. The van der Waals surface area contributed by atoms with Crippen LogP contribution in [0, 0.1) is 0 Å². The number of rotatable bonds is 4. The fourth-order valence-corrected chi connectivity index (χ4v) is 2.57. The van der Waals surface area contributed by atoms with Gasteiger partial charge in [0.2, 0.25) is 0 Å². The van der Waals surface area contributed by atoms with E-state index in [1.807, 2.05) is 25.2 Å². The third kappa shape index (κ3) is 3.31. The number of nitrogens with one attached hydrogen (secondary N) is 1. The standard InChI is InChI=1S/C13H12Br2ClN3O/c1-17-13-11(15)10(6-20-2)18-12(19-13)7-3-4-8(14)9(16)5-7/h3-5H,6H2,1-2H3,(H,17,18,19). The van der Waals surface area contributed by atoms with Gasteiger partial charge in [0, 0.05) is 24.2 Å². The van der Waals surface area contributed by atoms with Gasteiger partial charge in [-0.15, -0.1) is 0 Å². The van der Waals surface area contributed by atoms with Crippen LogP contribution in [0.3, 0.4) is 0 Å². The summed E-state index contributed by atoms with van der Waals surface area (Å²) in [5.74, 6) is 1.31. The molecule has 0 aliphatic rings. The van der Waals surface area contributed by atoms with Crippen LogP contribution in [0.1, 0.15) is 5.69 Å². The van der Waals surface area contributed by atoms with Crippen LogP contribution in [0.4, 0.5) is 5.82 Å². The van der Waals surface area contributed by atoms with Crippen molar-refractivity contribution in [2.75, 3.05) is 19.5 Å². The van der Waals surface area contributed by atoms with Gasteiger partial charge < -0.3 is 10.1 Å². The second-order valence-electron chi connectivity index (χ2n) is 3.97. The lowest BCUT2D eigenvalue weighted by atomic mass is 10.2. The van der Waals surface area contributed by atoms with Crippen LogP contribution in [0.2, 0.25) is 5.02 Å². The number of aromatic nitrogens is 2. The zero-order chi connectivity index (χ0) is 14.7. The van der Waals surface area contributed by atoms with Gasteiger partial charge in [0.25, 0.3) is 0 Å². The molecule has 1 aromatic carbocycles. The molecule has 1 heterocycles. The Morgan fingerprint density at radius 1 is 1.30 bits per heavy atom. The van der Waals surface area contributed by atoms with Crippen molar-refractivity contribution >= 4 is 49.3 Å². The zero-order valence-corrected chi connectivity index (χ0v) is 14.8. The van der Waals surface area contributed by atoms with E-state index < -0.39 is 0 Å². The molecule has 0 bridgehead atoms. The first-order chi connectivity index (χ1) is 9.56. The zero-order valence-electron chi connectivity index (χ0n) is 10.9. The lowest BCUT2D eigenvalue weighted by Gasteiger charge is -2.11. The Kier molecular flexibility index (Phi) is 5.37. The molecule has 2 rings (SSSR count). The molecule has 0 aliphatic carbocycles. The van der Waals surface area contributed by atoms with E-state index >= 15 is 0 Å². The largest absolute Gasteiger partial charge is 0.378 e. The monoisotopic (exact) mass is 419 g/mol. The molecule has 0 fully saturated rings. The van der Waals surface area contributed by atoms with Crippen LogP contribution in [-0.2, 0) is 11.3 Å². The predicted octanol–water partition coefficient (Wildman–Crippen LogP) is 4.51. The summed E-state index contributed by atoms with van der Waals surface area (Å²) in [5, 5.41) is 3.65. The average molecular weight is 422 g/mol. The second kappa shape index (κ2) is 6.85. The topological polar surface area (TPSA) is 47.0 Å². The summed E-state index contributed by atoms with van der Waals surface area (Å²) in [6.45, 7) is 0.398. The molecule has 20 heavy (non-hydrogen) atoms. The molecule has 1 aromatic heterocycles. The third-order valence-corrected chi connectivity index (χ3v) is 4.68. The minimum atomic E-state index is 0.398. The van der Waals surface area contributed by atoms with Crippen LogP contribution in [-0.4, -0.2) is 24.1 Å². The summed E-state index contributed by atoms with van der Waals surface area (Å²) in [4.78, 5) is 8.99. The molecular weight excluding hydrogens is 409 g/mol. The highest BCUT2D eigenvalue weighted by Gasteiger charge is 2.13. The molecule has 0 saturated carbocycles. The average Bonchev–Trinajstić information content (AvgIpc) is 2.44. The molecule has 0 atom stereocenters. The molecule has 0 unspecified atom stereocenters. The summed E-state index contributed by atoms with van der Waals surface area (Å²) < 4.78 is 6.80. The predicted molar refractivity (Wildman–Crippen MR) is 88.1 cm³/mol. The van der Waals surface area contributed by atoms with Gasteiger partial charge in [-0.1, -0.05) is 11.6 Å². The van der Waals surface area contributed by atoms with Crippen molar-refractivity contribution < 1.29 is 4.74 Å². The Morgan fingerprint density at radius 3 is 2.65 bits per heavy atom. The van der Waals surface area contributed by atoms with Crippen molar-refractivity contribution in [2.24, 2.45) is 0 Å². The van der Waals surface area contributed by atoms with E-state index in [9.17, 15) is 0 Å². The number of halogens is 3. The third-order valence-electron chi connectivity index (χ3n) is 2.62.